The fourth-order valence-electron chi connectivity index (χ4n) is 3.08. The van der Waals surface area contributed by atoms with E-state index in [9.17, 15) is 24.3 Å². The van der Waals surface area contributed by atoms with Gasteiger partial charge >= 0.3 is 5.97 Å². The van der Waals surface area contributed by atoms with Gasteiger partial charge in [-0.3, -0.25) is 14.4 Å². The van der Waals surface area contributed by atoms with Crippen LogP contribution in [0.25, 0.3) is 11.1 Å². The molecule has 0 spiro atoms. The van der Waals surface area contributed by atoms with Gasteiger partial charge < -0.3 is 10.4 Å². The molecule has 0 unspecified atom stereocenters. The van der Waals surface area contributed by atoms with Crippen molar-refractivity contribution in [2.75, 3.05) is 5.32 Å². The number of aromatic carboxylic acids is 1. The second kappa shape index (κ2) is 8.53. The zero-order chi connectivity index (χ0) is 21.8. The van der Waals surface area contributed by atoms with Crippen molar-refractivity contribution in [2.24, 2.45) is 0 Å². The lowest BCUT2D eigenvalue weighted by atomic mass is 9.95. The van der Waals surface area contributed by atoms with E-state index in [2.05, 4.69) is 5.32 Å². The Morgan fingerprint density at radius 1 is 0.833 bits per heavy atom. The average Bonchev–Trinajstić information content (AvgIpc) is 2.74. The van der Waals surface area contributed by atoms with Crippen molar-refractivity contribution in [2.45, 2.75) is 13.8 Å². The van der Waals surface area contributed by atoms with Gasteiger partial charge in [-0.1, -0.05) is 35.9 Å². The number of aryl methyl sites for hydroxylation is 1. The molecule has 0 saturated carbocycles. The number of hydrogen-bond donors (Lipinski definition) is 2. The molecule has 0 bridgehead atoms. The largest absolute Gasteiger partial charge is 0.478 e. The second-order valence-electron chi connectivity index (χ2n) is 6.86. The normalized spacial score (nSPS) is 10.3. The van der Waals surface area contributed by atoms with E-state index in [0.29, 0.717) is 23.1 Å². The minimum atomic E-state index is -1.23. The minimum Gasteiger partial charge on any atom is -0.478 e. The summed E-state index contributed by atoms with van der Waals surface area (Å²) in [5.74, 6) is -2.05. The SMILES string of the molecule is CC(=O)c1cc(-c2ccc(C(=O)O)c(C(=O)Nc3ccc(C)cc3)c2)ccc1C=O. The van der Waals surface area contributed by atoms with Crippen LogP contribution in [0.15, 0.2) is 60.7 Å². The summed E-state index contributed by atoms with van der Waals surface area (Å²) in [7, 11) is 0. The molecular formula is C24H19NO5. The Kier molecular flexibility index (Phi) is 5.88. The van der Waals surface area contributed by atoms with E-state index in [0.717, 1.165) is 5.56 Å². The number of carbonyl (C=O) groups excluding carboxylic acids is 3. The fourth-order valence-corrected chi connectivity index (χ4v) is 3.08. The zero-order valence-corrected chi connectivity index (χ0v) is 16.4. The number of anilines is 1. The summed E-state index contributed by atoms with van der Waals surface area (Å²) >= 11 is 0. The molecule has 6 heteroatoms. The number of aldehydes is 1. The molecule has 3 aromatic carbocycles. The number of ketones is 1. The average molecular weight is 401 g/mol. The van der Waals surface area contributed by atoms with Crippen molar-refractivity contribution in [3.05, 3.63) is 88.5 Å². The third kappa shape index (κ3) is 4.33. The van der Waals surface area contributed by atoms with Crippen LogP contribution in [-0.2, 0) is 0 Å². The summed E-state index contributed by atoms with van der Waals surface area (Å²) in [5.41, 5.74) is 3.09. The number of benzene rings is 3. The molecule has 3 rings (SSSR count). The zero-order valence-electron chi connectivity index (χ0n) is 16.4. The van der Waals surface area contributed by atoms with Gasteiger partial charge in [-0.15, -0.1) is 0 Å². The van der Waals surface area contributed by atoms with Gasteiger partial charge in [0.15, 0.2) is 12.1 Å². The highest BCUT2D eigenvalue weighted by molar-refractivity contribution is 6.11. The molecule has 0 saturated heterocycles. The first kappa shape index (κ1) is 20.7. The summed E-state index contributed by atoms with van der Waals surface area (Å²) < 4.78 is 0. The quantitative estimate of drug-likeness (QED) is 0.463. The Balaban J connectivity index is 2.05. The maximum absolute atomic E-state index is 12.8. The second-order valence-corrected chi connectivity index (χ2v) is 6.86. The van der Waals surface area contributed by atoms with Gasteiger partial charge in [-0.05, 0) is 55.3 Å². The van der Waals surface area contributed by atoms with Gasteiger partial charge in [0, 0.05) is 16.8 Å². The van der Waals surface area contributed by atoms with E-state index in [1.807, 2.05) is 19.1 Å². The van der Waals surface area contributed by atoms with Gasteiger partial charge in [-0.25, -0.2) is 4.79 Å². The van der Waals surface area contributed by atoms with Crippen molar-refractivity contribution in [1.82, 2.24) is 0 Å². The number of rotatable bonds is 6. The summed E-state index contributed by atoms with van der Waals surface area (Å²) in [6.45, 7) is 3.28. The Morgan fingerprint density at radius 2 is 1.43 bits per heavy atom. The van der Waals surface area contributed by atoms with Crippen LogP contribution < -0.4 is 5.32 Å². The van der Waals surface area contributed by atoms with Gasteiger partial charge in [-0.2, -0.15) is 0 Å². The molecule has 0 radical (unpaired) electrons. The first-order valence-corrected chi connectivity index (χ1v) is 9.16. The van der Waals surface area contributed by atoms with Crippen LogP contribution in [0.2, 0.25) is 0 Å². The molecule has 0 atom stereocenters. The van der Waals surface area contributed by atoms with E-state index in [-0.39, 0.29) is 28.0 Å². The lowest BCUT2D eigenvalue weighted by Crippen LogP contribution is -2.16. The van der Waals surface area contributed by atoms with E-state index >= 15 is 0 Å². The van der Waals surface area contributed by atoms with Gasteiger partial charge in [0.2, 0.25) is 0 Å². The highest BCUT2D eigenvalue weighted by Gasteiger charge is 2.19. The first-order valence-electron chi connectivity index (χ1n) is 9.16. The molecule has 0 aliphatic rings. The van der Waals surface area contributed by atoms with Crippen LogP contribution in [0, 0.1) is 6.92 Å². The van der Waals surface area contributed by atoms with E-state index < -0.39 is 11.9 Å². The van der Waals surface area contributed by atoms with Crippen LogP contribution in [0.1, 0.15) is 53.9 Å². The van der Waals surface area contributed by atoms with Crippen molar-refractivity contribution >= 4 is 29.6 Å². The van der Waals surface area contributed by atoms with Crippen molar-refractivity contribution in [3.8, 4) is 11.1 Å². The van der Waals surface area contributed by atoms with Crippen LogP contribution in [0.4, 0.5) is 5.69 Å². The molecule has 0 heterocycles. The molecule has 1 amide bonds. The van der Waals surface area contributed by atoms with Gasteiger partial charge in [0.1, 0.15) is 0 Å². The summed E-state index contributed by atoms with van der Waals surface area (Å²) in [5, 5.41) is 12.2. The third-order valence-corrected chi connectivity index (χ3v) is 4.70. The molecule has 0 aromatic heterocycles. The number of hydrogen-bond acceptors (Lipinski definition) is 4. The molecule has 2 N–H and O–H groups in total. The Morgan fingerprint density at radius 3 is 2.00 bits per heavy atom. The minimum absolute atomic E-state index is 0.00980. The molecule has 0 aliphatic heterocycles. The molecule has 150 valence electrons. The Bertz CT molecular complexity index is 1160. The lowest BCUT2D eigenvalue weighted by molar-refractivity contribution is 0.0692. The molecule has 0 aliphatic carbocycles. The fraction of sp³-hybridized carbons (Fsp3) is 0.0833. The number of carboxylic acids is 1. The number of nitrogens with one attached hydrogen (secondary N) is 1. The predicted molar refractivity (Wildman–Crippen MR) is 113 cm³/mol. The summed E-state index contributed by atoms with van der Waals surface area (Å²) in [6.07, 6.45) is 0.606. The van der Waals surface area contributed by atoms with Crippen LogP contribution in [0.5, 0.6) is 0 Å². The summed E-state index contributed by atoms with van der Waals surface area (Å²) in [4.78, 5) is 47.5. The van der Waals surface area contributed by atoms with E-state index in [1.54, 1.807) is 30.3 Å². The topological polar surface area (TPSA) is 101 Å². The van der Waals surface area contributed by atoms with E-state index in [4.69, 9.17) is 0 Å². The number of carboxylic acid groups (broad SMARTS) is 1. The highest BCUT2D eigenvalue weighted by Crippen LogP contribution is 2.26. The molecule has 6 nitrogen and oxygen atoms in total. The number of amides is 1. The third-order valence-electron chi connectivity index (χ3n) is 4.70. The molecular weight excluding hydrogens is 382 g/mol. The van der Waals surface area contributed by atoms with E-state index in [1.165, 1.54) is 25.1 Å². The number of Topliss-reactive ketones (excluding diaryl/α,β-unsaturated/α-hetero) is 1. The molecule has 0 fully saturated rings. The van der Waals surface area contributed by atoms with Crippen molar-refractivity contribution in [1.29, 1.82) is 0 Å². The van der Waals surface area contributed by atoms with Crippen LogP contribution in [-0.4, -0.2) is 29.1 Å². The summed E-state index contributed by atoms with van der Waals surface area (Å²) in [6, 6.07) is 16.2. The maximum atomic E-state index is 12.8. The van der Waals surface area contributed by atoms with Crippen molar-refractivity contribution < 1.29 is 24.3 Å². The molecule has 30 heavy (non-hydrogen) atoms. The number of carbonyl (C=O) groups is 4. The van der Waals surface area contributed by atoms with Crippen LogP contribution in [0.3, 0.4) is 0 Å². The van der Waals surface area contributed by atoms with Crippen LogP contribution >= 0.6 is 0 Å². The Hall–Kier alpha value is -4.06. The maximum Gasteiger partial charge on any atom is 0.336 e. The Labute approximate surface area is 173 Å². The van der Waals surface area contributed by atoms with Gasteiger partial charge in [0.05, 0.1) is 11.1 Å². The predicted octanol–water partition coefficient (Wildman–Crippen LogP) is 4.63. The highest BCUT2D eigenvalue weighted by atomic mass is 16.4. The lowest BCUT2D eigenvalue weighted by Gasteiger charge is -2.12. The smallest absolute Gasteiger partial charge is 0.336 e. The van der Waals surface area contributed by atoms with Crippen molar-refractivity contribution in [3.63, 3.8) is 0 Å². The van der Waals surface area contributed by atoms with Gasteiger partial charge in [0.25, 0.3) is 5.91 Å². The standard InChI is InChI=1S/C24H19NO5/c1-14-3-8-19(9-4-14)25-23(28)22-12-17(7-10-20(22)24(29)30)16-5-6-18(13-26)21(11-16)15(2)27/h3-13H,1-2H3,(H,25,28)(H,29,30). The first-order chi connectivity index (χ1) is 14.3. The monoisotopic (exact) mass is 401 g/mol. The molecule has 3 aromatic rings.